The molecule has 0 heterocycles. The van der Waals surface area contributed by atoms with Crippen molar-refractivity contribution in [1.29, 1.82) is 0 Å². The number of hydrogen-bond acceptors (Lipinski definition) is 5. The fourth-order valence-electron chi connectivity index (χ4n) is 1.24. The van der Waals surface area contributed by atoms with E-state index >= 15 is 0 Å². The van der Waals surface area contributed by atoms with Gasteiger partial charge in [-0.15, -0.1) is 0 Å². The van der Waals surface area contributed by atoms with E-state index < -0.39 is 11.9 Å². The van der Waals surface area contributed by atoms with Gasteiger partial charge in [0.15, 0.2) is 0 Å². The van der Waals surface area contributed by atoms with Crippen molar-refractivity contribution in [3.8, 4) is 5.75 Å². The lowest BCUT2D eigenvalue weighted by Gasteiger charge is -2.08. The van der Waals surface area contributed by atoms with E-state index in [1.54, 1.807) is 24.3 Å². The number of ether oxygens (including phenoxy) is 2. The number of esters is 2. The Bertz CT molecular complexity index is 400. The summed E-state index contributed by atoms with van der Waals surface area (Å²) in [5, 5.41) is 8.59. The summed E-state index contributed by atoms with van der Waals surface area (Å²) in [4.78, 5) is 22.4. The average molecular weight is 238 g/mol. The van der Waals surface area contributed by atoms with Crippen molar-refractivity contribution in [2.24, 2.45) is 0 Å². The number of para-hydroxylation sites is 1. The highest BCUT2D eigenvalue weighted by atomic mass is 16.5. The van der Waals surface area contributed by atoms with E-state index in [0.29, 0.717) is 11.3 Å². The lowest BCUT2D eigenvalue weighted by atomic mass is 10.1. The van der Waals surface area contributed by atoms with E-state index in [4.69, 9.17) is 9.84 Å². The maximum Gasteiger partial charge on any atom is 0.313 e. The molecule has 0 bridgehead atoms. The average Bonchev–Trinajstić information content (AvgIpc) is 2.31. The highest BCUT2D eigenvalue weighted by molar-refractivity contribution is 5.76. The van der Waals surface area contributed by atoms with E-state index in [1.165, 1.54) is 7.11 Å². The zero-order valence-electron chi connectivity index (χ0n) is 9.51. The second kappa shape index (κ2) is 6.65. The van der Waals surface area contributed by atoms with Crippen molar-refractivity contribution in [2.75, 3.05) is 13.7 Å². The third kappa shape index (κ3) is 4.24. The molecule has 0 aliphatic heterocycles. The van der Waals surface area contributed by atoms with Crippen molar-refractivity contribution < 1.29 is 24.2 Å². The monoisotopic (exact) mass is 238 g/mol. The molecule has 5 nitrogen and oxygen atoms in total. The van der Waals surface area contributed by atoms with Crippen molar-refractivity contribution in [1.82, 2.24) is 0 Å². The fourth-order valence-corrected chi connectivity index (χ4v) is 1.24. The van der Waals surface area contributed by atoms with Crippen LogP contribution in [0.1, 0.15) is 12.0 Å². The Morgan fingerprint density at radius 2 is 1.94 bits per heavy atom. The van der Waals surface area contributed by atoms with Crippen LogP contribution in [0.2, 0.25) is 0 Å². The van der Waals surface area contributed by atoms with Crippen LogP contribution in [0.15, 0.2) is 24.3 Å². The Hall–Kier alpha value is -1.88. The van der Waals surface area contributed by atoms with Gasteiger partial charge in [-0.2, -0.15) is 0 Å². The normalized spacial score (nSPS) is 9.76. The van der Waals surface area contributed by atoms with Crippen LogP contribution in [0.3, 0.4) is 0 Å². The molecule has 0 atom stereocenters. The molecular formula is C12H14O5. The third-order valence-corrected chi connectivity index (χ3v) is 2.07. The number of aliphatic hydroxyl groups excluding tert-OH is 1. The van der Waals surface area contributed by atoms with Gasteiger partial charge >= 0.3 is 11.9 Å². The standard InChI is InChI=1S/C12H14O5/c1-16-12(15)8-9-4-2-3-5-10(9)17-11(14)6-7-13/h2-5,13H,6-8H2,1H3. The van der Waals surface area contributed by atoms with Gasteiger partial charge in [-0.05, 0) is 6.07 Å². The van der Waals surface area contributed by atoms with Crippen LogP contribution in [-0.4, -0.2) is 30.8 Å². The van der Waals surface area contributed by atoms with Crippen LogP contribution in [-0.2, 0) is 20.7 Å². The van der Waals surface area contributed by atoms with Gasteiger partial charge in [-0.3, -0.25) is 9.59 Å². The van der Waals surface area contributed by atoms with Gasteiger partial charge in [0.05, 0.1) is 26.6 Å². The minimum atomic E-state index is -0.537. The fraction of sp³-hybridized carbons (Fsp3) is 0.333. The first-order chi connectivity index (χ1) is 8.17. The zero-order valence-corrected chi connectivity index (χ0v) is 9.51. The highest BCUT2D eigenvalue weighted by Crippen LogP contribution is 2.19. The van der Waals surface area contributed by atoms with E-state index in [1.807, 2.05) is 0 Å². The van der Waals surface area contributed by atoms with Gasteiger partial charge in [0.25, 0.3) is 0 Å². The molecule has 17 heavy (non-hydrogen) atoms. The number of benzene rings is 1. The molecule has 92 valence electrons. The lowest BCUT2D eigenvalue weighted by molar-refractivity contribution is -0.140. The summed E-state index contributed by atoms with van der Waals surface area (Å²) < 4.78 is 9.57. The summed E-state index contributed by atoms with van der Waals surface area (Å²) in [6.45, 7) is -0.266. The summed E-state index contributed by atoms with van der Waals surface area (Å²) >= 11 is 0. The summed E-state index contributed by atoms with van der Waals surface area (Å²) in [5.41, 5.74) is 0.575. The number of methoxy groups -OCH3 is 1. The SMILES string of the molecule is COC(=O)Cc1ccccc1OC(=O)CCO. The lowest BCUT2D eigenvalue weighted by Crippen LogP contribution is -2.12. The van der Waals surface area contributed by atoms with Gasteiger partial charge in [0.2, 0.25) is 0 Å². The Kier molecular flexibility index (Phi) is 5.16. The molecule has 5 heteroatoms. The maximum absolute atomic E-state index is 11.2. The van der Waals surface area contributed by atoms with E-state index in [2.05, 4.69) is 4.74 Å². The van der Waals surface area contributed by atoms with Crippen molar-refractivity contribution >= 4 is 11.9 Å². The van der Waals surface area contributed by atoms with Crippen LogP contribution in [0, 0.1) is 0 Å². The second-order valence-electron chi connectivity index (χ2n) is 3.31. The molecule has 0 unspecified atom stereocenters. The Morgan fingerprint density at radius 3 is 2.59 bits per heavy atom. The van der Waals surface area contributed by atoms with Gasteiger partial charge < -0.3 is 14.6 Å². The first-order valence-electron chi connectivity index (χ1n) is 5.13. The maximum atomic E-state index is 11.2. The smallest absolute Gasteiger partial charge is 0.313 e. The largest absolute Gasteiger partial charge is 0.469 e. The van der Waals surface area contributed by atoms with Gasteiger partial charge in [0.1, 0.15) is 5.75 Å². The molecule has 0 aromatic heterocycles. The predicted octanol–water partition coefficient (Wildman–Crippen LogP) is 0.690. The summed E-state index contributed by atoms with van der Waals surface area (Å²) in [6, 6.07) is 6.70. The number of aliphatic hydroxyl groups is 1. The molecule has 1 rings (SSSR count). The predicted molar refractivity (Wildman–Crippen MR) is 59.5 cm³/mol. The number of hydrogen-bond donors (Lipinski definition) is 1. The molecule has 0 saturated heterocycles. The molecular weight excluding hydrogens is 224 g/mol. The second-order valence-corrected chi connectivity index (χ2v) is 3.31. The van der Waals surface area contributed by atoms with Gasteiger partial charge in [0, 0.05) is 5.56 Å². The molecule has 0 spiro atoms. The molecule has 0 fully saturated rings. The first kappa shape index (κ1) is 13.2. The number of rotatable bonds is 5. The number of carbonyl (C=O) groups is 2. The molecule has 0 saturated carbocycles. The van der Waals surface area contributed by atoms with E-state index in [0.717, 1.165) is 0 Å². The Morgan fingerprint density at radius 1 is 1.24 bits per heavy atom. The molecule has 0 aliphatic carbocycles. The molecule has 0 aliphatic rings. The quantitative estimate of drug-likeness (QED) is 0.603. The summed E-state index contributed by atoms with van der Waals surface area (Å²) in [7, 11) is 1.29. The zero-order chi connectivity index (χ0) is 12.7. The molecule has 0 amide bonds. The summed E-state index contributed by atoms with van der Waals surface area (Å²) in [5.74, 6) is -0.628. The van der Waals surface area contributed by atoms with Crippen molar-refractivity contribution in [2.45, 2.75) is 12.8 Å². The first-order valence-corrected chi connectivity index (χ1v) is 5.13. The van der Waals surface area contributed by atoms with Crippen molar-refractivity contribution in [3.63, 3.8) is 0 Å². The van der Waals surface area contributed by atoms with Crippen LogP contribution in [0.5, 0.6) is 5.75 Å². The van der Waals surface area contributed by atoms with Crippen LogP contribution in [0.4, 0.5) is 0 Å². The highest BCUT2D eigenvalue weighted by Gasteiger charge is 2.11. The topological polar surface area (TPSA) is 72.8 Å². The molecule has 1 aromatic rings. The van der Waals surface area contributed by atoms with Crippen LogP contribution >= 0.6 is 0 Å². The Labute approximate surface area is 99.0 Å². The van der Waals surface area contributed by atoms with Gasteiger partial charge in [-0.1, -0.05) is 18.2 Å². The molecule has 1 aromatic carbocycles. The van der Waals surface area contributed by atoms with Crippen LogP contribution in [0.25, 0.3) is 0 Å². The molecule has 0 radical (unpaired) electrons. The van der Waals surface area contributed by atoms with Gasteiger partial charge in [-0.25, -0.2) is 0 Å². The van der Waals surface area contributed by atoms with E-state index in [-0.39, 0.29) is 19.4 Å². The summed E-state index contributed by atoms with van der Waals surface area (Å²) in [6.07, 6.45) is -0.0361. The number of carbonyl (C=O) groups excluding carboxylic acids is 2. The molecule has 1 N–H and O–H groups in total. The Balaban J connectivity index is 2.77. The minimum absolute atomic E-state index is 0.0408. The van der Waals surface area contributed by atoms with Crippen molar-refractivity contribution in [3.05, 3.63) is 29.8 Å². The minimum Gasteiger partial charge on any atom is -0.469 e. The third-order valence-electron chi connectivity index (χ3n) is 2.07. The van der Waals surface area contributed by atoms with Crippen LogP contribution < -0.4 is 4.74 Å². The van der Waals surface area contributed by atoms with E-state index in [9.17, 15) is 9.59 Å².